The molecule has 0 aromatic heterocycles. The minimum absolute atomic E-state index is 0.0972. The number of non-ortho nitro benzene ring substituents is 1. The van der Waals surface area contributed by atoms with Crippen LogP contribution in [0.25, 0.3) is 0 Å². The number of hydrogen-bond acceptors (Lipinski definition) is 3. The van der Waals surface area contributed by atoms with E-state index in [9.17, 15) is 10.1 Å². The highest BCUT2D eigenvalue weighted by Gasteiger charge is 2.05. The van der Waals surface area contributed by atoms with Crippen LogP contribution in [0.3, 0.4) is 0 Å². The van der Waals surface area contributed by atoms with Crippen molar-refractivity contribution in [1.29, 1.82) is 0 Å². The monoisotopic (exact) mass is 391 g/mol. The van der Waals surface area contributed by atoms with Crippen LogP contribution in [0.2, 0.25) is 5.02 Å². The lowest BCUT2D eigenvalue weighted by molar-refractivity contribution is -0.384. The minimum atomic E-state index is -0.407. The summed E-state index contributed by atoms with van der Waals surface area (Å²) in [4.78, 5) is 12.1. The van der Waals surface area contributed by atoms with Gasteiger partial charge in [-0.05, 0) is 52.9 Å². The molecule has 6 heteroatoms. The SMILES string of the molecule is O=[N+]([O-])c1ccc(Sc2ccc(I)c(Cl)c2)cc1. The van der Waals surface area contributed by atoms with Gasteiger partial charge in [-0.25, -0.2) is 0 Å². The number of nitro benzene ring substituents is 1. The van der Waals surface area contributed by atoms with Gasteiger partial charge in [0.05, 0.1) is 9.95 Å². The summed E-state index contributed by atoms with van der Waals surface area (Å²) in [5.74, 6) is 0. The predicted molar refractivity (Wildman–Crippen MR) is 81.4 cm³/mol. The molecule has 0 fully saturated rings. The molecule has 0 heterocycles. The molecule has 0 saturated carbocycles. The normalized spacial score (nSPS) is 10.3. The summed E-state index contributed by atoms with van der Waals surface area (Å²) in [5.41, 5.74) is 0.0972. The standard InChI is InChI=1S/C12H7ClINO2S/c13-11-7-10(5-6-12(11)14)18-9-3-1-8(2-4-9)15(16)17/h1-7H. The van der Waals surface area contributed by atoms with E-state index in [2.05, 4.69) is 22.6 Å². The van der Waals surface area contributed by atoms with Gasteiger partial charge in [-0.15, -0.1) is 0 Å². The summed E-state index contributed by atoms with van der Waals surface area (Å²) in [6, 6.07) is 12.3. The Morgan fingerprint density at radius 3 is 2.28 bits per heavy atom. The van der Waals surface area contributed by atoms with Crippen LogP contribution in [-0.2, 0) is 0 Å². The summed E-state index contributed by atoms with van der Waals surface area (Å²) in [7, 11) is 0. The Hall–Kier alpha value is -0.790. The molecule has 92 valence electrons. The van der Waals surface area contributed by atoms with Crippen molar-refractivity contribution in [3.05, 3.63) is 61.2 Å². The summed E-state index contributed by atoms with van der Waals surface area (Å²) in [6.45, 7) is 0. The molecule has 0 bridgehead atoms. The molecule has 0 atom stereocenters. The summed E-state index contributed by atoms with van der Waals surface area (Å²) in [5, 5.41) is 11.2. The minimum Gasteiger partial charge on any atom is -0.258 e. The Kier molecular flexibility index (Phi) is 4.47. The maximum Gasteiger partial charge on any atom is 0.269 e. The van der Waals surface area contributed by atoms with Gasteiger partial charge in [0.2, 0.25) is 0 Å². The Balaban J connectivity index is 2.18. The molecule has 18 heavy (non-hydrogen) atoms. The fourth-order valence-electron chi connectivity index (χ4n) is 1.31. The Morgan fingerprint density at radius 2 is 1.72 bits per heavy atom. The smallest absolute Gasteiger partial charge is 0.258 e. The van der Waals surface area contributed by atoms with Gasteiger partial charge in [0.15, 0.2) is 0 Å². The first-order valence-electron chi connectivity index (χ1n) is 4.93. The molecule has 2 aromatic carbocycles. The first kappa shape index (κ1) is 13.6. The van der Waals surface area contributed by atoms with Gasteiger partial charge in [0, 0.05) is 25.5 Å². The van der Waals surface area contributed by atoms with E-state index in [0.717, 1.165) is 13.4 Å². The second-order valence-electron chi connectivity index (χ2n) is 3.43. The van der Waals surface area contributed by atoms with Crippen LogP contribution in [0.1, 0.15) is 0 Å². The highest BCUT2D eigenvalue weighted by Crippen LogP contribution is 2.32. The molecule has 3 nitrogen and oxygen atoms in total. The fourth-order valence-corrected chi connectivity index (χ4v) is 2.75. The van der Waals surface area contributed by atoms with Crippen LogP contribution < -0.4 is 0 Å². The molecule has 2 aromatic rings. The van der Waals surface area contributed by atoms with Crippen molar-refractivity contribution in [2.24, 2.45) is 0 Å². The van der Waals surface area contributed by atoms with Crippen molar-refractivity contribution >= 4 is 51.6 Å². The van der Waals surface area contributed by atoms with Crippen molar-refractivity contribution in [3.8, 4) is 0 Å². The molecular formula is C12H7ClINO2S. The highest BCUT2D eigenvalue weighted by atomic mass is 127. The summed E-state index contributed by atoms with van der Waals surface area (Å²) < 4.78 is 1.00. The fraction of sp³-hybridized carbons (Fsp3) is 0. The average Bonchev–Trinajstić information content (AvgIpc) is 2.34. The first-order valence-corrected chi connectivity index (χ1v) is 7.21. The number of nitrogens with zero attached hydrogens (tertiary/aromatic N) is 1. The third-order valence-electron chi connectivity index (χ3n) is 2.17. The maximum absolute atomic E-state index is 10.5. The van der Waals surface area contributed by atoms with Gasteiger partial charge >= 0.3 is 0 Å². The molecule has 0 aliphatic rings. The first-order chi connectivity index (χ1) is 8.56. The number of halogens is 2. The van der Waals surface area contributed by atoms with Crippen molar-refractivity contribution in [3.63, 3.8) is 0 Å². The van der Waals surface area contributed by atoms with Gasteiger partial charge in [-0.1, -0.05) is 23.4 Å². The van der Waals surface area contributed by atoms with Gasteiger partial charge < -0.3 is 0 Å². The molecule has 0 amide bonds. The lowest BCUT2D eigenvalue weighted by atomic mass is 10.3. The third-order valence-corrected chi connectivity index (χ3v) is 4.74. The number of benzene rings is 2. The third kappa shape index (κ3) is 3.37. The summed E-state index contributed by atoms with van der Waals surface area (Å²) >= 11 is 9.72. The lowest BCUT2D eigenvalue weighted by Gasteiger charge is -2.03. The van der Waals surface area contributed by atoms with Crippen LogP contribution in [0.5, 0.6) is 0 Å². The van der Waals surface area contributed by atoms with Gasteiger partial charge in [-0.2, -0.15) is 0 Å². The number of rotatable bonds is 3. The van der Waals surface area contributed by atoms with E-state index < -0.39 is 4.92 Å². The molecule has 0 radical (unpaired) electrons. The molecule has 0 saturated heterocycles. The van der Waals surface area contributed by atoms with Crippen molar-refractivity contribution < 1.29 is 4.92 Å². The van der Waals surface area contributed by atoms with Crippen molar-refractivity contribution in [1.82, 2.24) is 0 Å². The van der Waals surface area contributed by atoms with E-state index in [0.29, 0.717) is 5.02 Å². The van der Waals surface area contributed by atoms with Crippen LogP contribution >= 0.6 is 46.0 Å². The zero-order valence-corrected chi connectivity index (χ0v) is 12.7. The predicted octanol–water partition coefficient (Wildman–Crippen LogP) is 5.00. The quantitative estimate of drug-likeness (QED) is 0.420. The highest BCUT2D eigenvalue weighted by molar-refractivity contribution is 14.1. The molecule has 0 spiro atoms. The maximum atomic E-state index is 10.5. The van der Waals surface area contributed by atoms with Crippen molar-refractivity contribution in [2.75, 3.05) is 0 Å². The van der Waals surface area contributed by atoms with Crippen molar-refractivity contribution in [2.45, 2.75) is 9.79 Å². The Labute approximate surface area is 127 Å². The van der Waals surface area contributed by atoms with E-state index in [1.807, 2.05) is 18.2 Å². The topological polar surface area (TPSA) is 43.1 Å². The second kappa shape index (κ2) is 5.90. The molecular weight excluding hydrogens is 385 g/mol. The Morgan fingerprint density at radius 1 is 1.11 bits per heavy atom. The zero-order chi connectivity index (χ0) is 13.1. The molecule has 0 aliphatic carbocycles. The van der Waals surface area contributed by atoms with Crippen LogP contribution in [0.15, 0.2) is 52.3 Å². The van der Waals surface area contributed by atoms with E-state index >= 15 is 0 Å². The van der Waals surface area contributed by atoms with E-state index in [-0.39, 0.29) is 5.69 Å². The van der Waals surface area contributed by atoms with Gasteiger partial charge in [0.25, 0.3) is 5.69 Å². The molecule has 0 aliphatic heterocycles. The average molecular weight is 392 g/mol. The number of hydrogen-bond donors (Lipinski definition) is 0. The lowest BCUT2D eigenvalue weighted by Crippen LogP contribution is -1.86. The van der Waals surface area contributed by atoms with Gasteiger partial charge in [0.1, 0.15) is 0 Å². The second-order valence-corrected chi connectivity index (χ2v) is 6.15. The molecule has 0 N–H and O–H groups in total. The Bertz CT molecular complexity index is 589. The number of nitro groups is 1. The van der Waals surface area contributed by atoms with E-state index in [1.165, 1.54) is 23.9 Å². The zero-order valence-electron chi connectivity index (χ0n) is 8.97. The van der Waals surface area contributed by atoms with Crippen LogP contribution in [0.4, 0.5) is 5.69 Å². The molecule has 0 unspecified atom stereocenters. The van der Waals surface area contributed by atoms with Gasteiger partial charge in [-0.3, -0.25) is 10.1 Å². The van der Waals surface area contributed by atoms with Crippen LogP contribution in [-0.4, -0.2) is 4.92 Å². The largest absolute Gasteiger partial charge is 0.269 e. The van der Waals surface area contributed by atoms with E-state index in [4.69, 9.17) is 11.6 Å². The summed E-state index contributed by atoms with van der Waals surface area (Å²) in [6.07, 6.45) is 0. The van der Waals surface area contributed by atoms with Crippen LogP contribution in [0, 0.1) is 13.7 Å². The van der Waals surface area contributed by atoms with E-state index in [1.54, 1.807) is 12.1 Å². The molecule has 2 rings (SSSR count).